The topological polar surface area (TPSA) is 34.2 Å². The Kier molecular flexibility index (Phi) is 3.22. The summed E-state index contributed by atoms with van der Waals surface area (Å²) in [6, 6.07) is 0. The molecular weight excluding hydrogens is 220 g/mol. The van der Waals surface area contributed by atoms with Gasteiger partial charge in [0.1, 0.15) is 0 Å². The molecule has 2 fully saturated rings. The largest absolute Gasteiger partial charge is 0.375 e. The number of nitrogens with one attached hydrogen (secondary N) is 1. The molecule has 1 atom stereocenters. The maximum absolute atomic E-state index is 5.69. The van der Waals surface area contributed by atoms with Gasteiger partial charge in [0.15, 0.2) is 0 Å². The summed E-state index contributed by atoms with van der Waals surface area (Å²) in [6.45, 7) is 2.79. The van der Waals surface area contributed by atoms with Crippen molar-refractivity contribution in [2.45, 2.75) is 37.7 Å². The first-order chi connectivity index (χ1) is 7.92. The van der Waals surface area contributed by atoms with Crippen LogP contribution in [0.2, 0.25) is 0 Å². The molecule has 88 valence electrons. The second kappa shape index (κ2) is 4.82. The highest BCUT2D eigenvalue weighted by Crippen LogP contribution is 2.37. The number of thiazole rings is 1. The molecule has 1 saturated carbocycles. The third kappa shape index (κ3) is 2.29. The van der Waals surface area contributed by atoms with Crippen LogP contribution in [0.15, 0.2) is 5.38 Å². The molecule has 1 aromatic heterocycles. The minimum absolute atomic E-state index is 0.324. The second-order valence-electron chi connectivity index (χ2n) is 4.71. The molecular formula is C12H18N2OS. The number of aromatic nitrogens is 1. The van der Waals surface area contributed by atoms with Crippen LogP contribution in [0.3, 0.4) is 0 Å². The van der Waals surface area contributed by atoms with Crippen LogP contribution in [0, 0.1) is 0 Å². The molecule has 0 spiro atoms. The van der Waals surface area contributed by atoms with Crippen molar-refractivity contribution in [3.8, 4) is 0 Å². The van der Waals surface area contributed by atoms with Crippen molar-refractivity contribution in [2.75, 3.05) is 19.7 Å². The Morgan fingerprint density at radius 1 is 1.50 bits per heavy atom. The number of hydrogen-bond donors (Lipinski definition) is 1. The van der Waals surface area contributed by atoms with Gasteiger partial charge in [-0.15, -0.1) is 11.3 Å². The average molecular weight is 238 g/mol. The van der Waals surface area contributed by atoms with Crippen molar-refractivity contribution >= 4 is 11.3 Å². The van der Waals surface area contributed by atoms with E-state index in [9.17, 15) is 0 Å². The summed E-state index contributed by atoms with van der Waals surface area (Å²) in [4.78, 5) is 4.74. The Labute approximate surface area is 100 Å². The summed E-state index contributed by atoms with van der Waals surface area (Å²) < 4.78 is 5.69. The van der Waals surface area contributed by atoms with Crippen LogP contribution in [0.1, 0.15) is 35.9 Å². The zero-order valence-electron chi connectivity index (χ0n) is 9.45. The van der Waals surface area contributed by atoms with E-state index in [0.29, 0.717) is 6.10 Å². The van der Waals surface area contributed by atoms with E-state index in [1.165, 1.54) is 30.0 Å². The first-order valence-corrected chi connectivity index (χ1v) is 7.06. The van der Waals surface area contributed by atoms with E-state index in [2.05, 4.69) is 10.7 Å². The van der Waals surface area contributed by atoms with Crippen LogP contribution in [-0.2, 0) is 11.2 Å². The van der Waals surface area contributed by atoms with Gasteiger partial charge in [-0.1, -0.05) is 6.42 Å². The van der Waals surface area contributed by atoms with Gasteiger partial charge in [0.05, 0.1) is 23.4 Å². The van der Waals surface area contributed by atoms with Gasteiger partial charge in [-0.2, -0.15) is 0 Å². The minimum atomic E-state index is 0.324. The third-order valence-corrected chi connectivity index (χ3v) is 4.52. The van der Waals surface area contributed by atoms with Crippen molar-refractivity contribution in [2.24, 2.45) is 0 Å². The molecule has 1 aromatic rings. The van der Waals surface area contributed by atoms with Crippen LogP contribution in [-0.4, -0.2) is 30.8 Å². The summed E-state index contributed by atoms with van der Waals surface area (Å²) in [5.74, 6) is 0.768. The van der Waals surface area contributed by atoms with E-state index < -0.39 is 0 Å². The van der Waals surface area contributed by atoms with E-state index in [4.69, 9.17) is 9.72 Å². The predicted octanol–water partition coefficient (Wildman–Crippen LogP) is 1.94. The zero-order chi connectivity index (χ0) is 10.8. The number of hydrogen-bond acceptors (Lipinski definition) is 4. The van der Waals surface area contributed by atoms with E-state index in [-0.39, 0.29) is 0 Å². The third-order valence-electron chi connectivity index (χ3n) is 3.47. The van der Waals surface area contributed by atoms with Crippen molar-refractivity contribution in [3.05, 3.63) is 16.1 Å². The SMILES string of the molecule is c1sc(C2CCC2)nc1CC1CNCCO1. The second-order valence-corrected chi connectivity index (χ2v) is 5.60. The Bertz CT molecular complexity index is 343. The summed E-state index contributed by atoms with van der Waals surface area (Å²) >= 11 is 1.83. The van der Waals surface area contributed by atoms with E-state index in [0.717, 1.165) is 32.0 Å². The highest BCUT2D eigenvalue weighted by atomic mass is 32.1. The first-order valence-electron chi connectivity index (χ1n) is 6.18. The highest BCUT2D eigenvalue weighted by molar-refractivity contribution is 7.09. The van der Waals surface area contributed by atoms with E-state index in [1.54, 1.807) is 0 Å². The monoisotopic (exact) mass is 238 g/mol. The molecule has 3 nitrogen and oxygen atoms in total. The maximum Gasteiger partial charge on any atom is 0.0959 e. The van der Waals surface area contributed by atoms with Crippen LogP contribution < -0.4 is 5.32 Å². The average Bonchev–Trinajstić information content (AvgIpc) is 2.65. The fourth-order valence-corrected chi connectivity index (χ4v) is 3.25. The van der Waals surface area contributed by atoms with Crippen LogP contribution in [0.5, 0.6) is 0 Å². The van der Waals surface area contributed by atoms with Gasteiger partial charge < -0.3 is 10.1 Å². The Hall–Kier alpha value is -0.450. The highest BCUT2D eigenvalue weighted by Gasteiger charge is 2.23. The summed E-state index contributed by atoms with van der Waals surface area (Å²) in [5.41, 5.74) is 1.22. The van der Waals surface area contributed by atoms with Crippen molar-refractivity contribution in [3.63, 3.8) is 0 Å². The lowest BCUT2D eigenvalue weighted by molar-refractivity contribution is 0.0287. The Balaban J connectivity index is 1.58. The molecule has 0 aromatic carbocycles. The molecule has 0 amide bonds. The Morgan fingerprint density at radius 2 is 2.44 bits per heavy atom. The molecule has 4 heteroatoms. The standard InChI is InChI=1S/C12H18N2OS/c1-2-9(3-1)12-14-10(8-16-12)6-11-7-13-4-5-15-11/h8-9,11,13H,1-7H2. The quantitative estimate of drug-likeness (QED) is 0.874. The fraction of sp³-hybridized carbons (Fsp3) is 0.750. The van der Waals surface area contributed by atoms with Crippen LogP contribution >= 0.6 is 11.3 Å². The predicted molar refractivity (Wildman–Crippen MR) is 65.0 cm³/mol. The molecule has 1 unspecified atom stereocenters. The lowest BCUT2D eigenvalue weighted by atomic mass is 9.86. The normalized spacial score (nSPS) is 26.6. The van der Waals surface area contributed by atoms with E-state index in [1.807, 2.05) is 11.3 Å². The molecule has 0 bridgehead atoms. The zero-order valence-corrected chi connectivity index (χ0v) is 10.3. The van der Waals surface area contributed by atoms with Gasteiger partial charge in [0.2, 0.25) is 0 Å². The maximum atomic E-state index is 5.69. The van der Waals surface area contributed by atoms with Gasteiger partial charge in [0, 0.05) is 30.8 Å². The van der Waals surface area contributed by atoms with Crippen molar-refractivity contribution < 1.29 is 4.74 Å². The van der Waals surface area contributed by atoms with Crippen LogP contribution in [0.4, 0.5) is 0 Å². The minimum Gasteiger partial charge on any atom is -0.375 e. The number of ether oxygens (including phenoxy) is 1. The number of morpholine rings is 1. The summed E-state index contributed by atoms with van der Waals surface area (Å²) in [7, 11) is 0. The lowest BCUT2D eigenvalue weighted by Crippen LogP contribution is -2.39. The Morgan fingerprint density at radius 3 is 3.12 bits per heavy atom. The van der Waals surface area contributed by atoms with Gasteiger partial charge in [0.25, 0.3) is 0 Å². The first kappa shape index (κ1) is 10.7. The molecule has 1 aliphatic heterocycles. The number of nitrogens with zero attached hydrogens (tertiary/aromatic N) is 1. The van der Waals surface area contributed by atoms with Gasteiger partial charge in [-0.05, 0) is 12.8 Å². The molecule has 1 saturated heterocycles. The van der Waals surface area contributed by atoms with Crippen LogP contribution in [0.25, 0.3) is 0 Å². The summed E-state index contributed by atoms with van der Waals surface area (Å²) in [5, 5.41) is 6.92. The van der Waals surface area contributed by atoms with E-state index >= 15 is 0 Å². The van der Waals surface area contributed by atoms with Gasteiger partial charge in [-0.25, -0.2) is 4.98 Å². The fourth-order valence-electron chi connectivity index (χ4n) is 2.24. The molecule has 0 radical (unpaired) electrons. The van der Waals surface area contributed by atoms with Crippen molar-refractivity contribution in [1.82, 2.24) is 10.3 Å². The molecule has 16 heavy (non-hydrogen) atoms. The molecule has 2 aliphatic rings. The molecule has 3 rings (SSSR count). The van der Waals surface area contributed by atoms with Gasteiger partial charge >= 0.3 is 0 Å². The molecule has 1 N–H and O–H groups in total. The molecule has 2 heterocycles. The van der Waals surface area contributed by atoms with Crippen molar-refractivity contribution in [1.29, 1.82) is 0 Å². The summed E-state index contributed by atoms with van der Waals surface area (Å²) in [6.07, 6.45) is 5.36. The lowest BCUT2D eigenvalue weighted by Gasteiger charge is -2.23. The number of rotatable bonds is 3. The smallest absolute Gasteiger partial charge is 0.0959 e. The molecule has 1 aliphatic carbocycles. The van der Waals surface area contributed by atoms with Gasteiger partial charge in [-0.3, -0.25) is 0 Å².